The minimum absolute atomic E-state index is 0.132. The Hall–Kier alpha value is -2.07. The smallest absolute Gasteiger partial charge is 0.230 e. The number of methoxy groups -OCH3 is 1. The summed E-state index contributed by atoms with van der Waals surface area (Å²) in [5.74, 6) is 1.19. The molecule has 3 rings (SSSR count). The predicted molar refractivity (Wildman–Crippen MR) is 88.0 cm³/mol. The van der Waals surface area contributed by atoms with Crippen LogP contribution in [0.3, 0.4) is 0 Å². The Bertz CT molecular complexity index is 609. The molecule has 2 atom stereocenters. The van der Waals surface area contributed by atoms with Gasteiger partial charge in [0.2, 0.25) is 5.91 Å². The molecule has 0 saturated carbocycles. The van der Waals surface area contributed by atoms with Gasteiger partial charge in [0.15, 0.2) is 0 Å². The first-order chi connectivity index (χ1) is 11.3. The van der Waals surface area contributed by atoms with Crippen molar-refractivity contribution in [1.82, 2.24) is 4.90 Å². The van der Waals surface area contributed by atoms with Crippen LogP contribution >= 0.6 is 0 Å². The first-order valence-electron chi connectivity index (χ1n) is 8.13. The van der Waals surface area contributed by atoms with Gasteiger partial charge in [-0.1, -0.05) is 30.3 Å². The van der Waals surface area contributed by atoms with Crippen LogP contribution in [0.25, 0.3) is 0 Å². The molecule has 1 aromatic heterocycles. The normalized spacial score (nSPS) is 21.3. The maximum absolute atomic E-state index is 12.5. The quantitative estimate of drug-likeness (QED) is 0.852. The third kappa shape index (κ3) is 4.02. The lowest BCUT2D eigenvalue weighted by atomic mass is 9.88. The van der Waals surface area contributed by atoms with Crippen molar-refractivity contribution in [3.63, 3.8) is 0 Å². The second-order valence-electron chi connectivity index (χ2n) is 6.11. The van der Waals surface area contributed by atoms with Crippen molar-refractivity contribution in [2.75, 3.05) is 20.2 Å². The summed E-state index contributed by atoms with van der Waals surface area (Å²) in [6.45, 7) is 1.50. The van der Waals surface area contributed by atoms with Crippen molar-refractivity contribution >= 4 is 5.91 Å². The Morgan fingerprint density at radius 2 is 2.09 bits per heavy atom. The van der Waals surface area contributed by atoms with Gasteiger partial charge in [0, 0.05) is 26.1 Å². The Morgan fingerprint density at radius 1 is 1.26 bits per heavy atom. The molecule has 23 heavy (non-hydrogen) atoms. The van der Waals surface area contributed by atoms with Crippen molar-refractivity contribution in [1.29, 1.82) is 0 Å². The molecule has 0 unspecified atom stereocenters. The number of furan rings is 1. The van der Waals surface area contributed by atoms with E-state index in [0.29, 0.717) is 12.3 Å². The van der Waals surface area contributed by atoms with Crippen LogP contribution < -0.4 is 0 Å². The monoisotopic (exact) mass is 313 g/mol. The van der Waals surface area contributed by atoms with Gasteiger partial charge in [-0.05, 0) is 30.5 Å². The number of carbonyl (C=O) groups excluding carboxylic acids is 1. The lowest BCUT2D eigenvalue weighted by Gasteiger charge is -2.38. The molecule has 2 aromatic rings. The second-order valence-corrected chi connectivity index (χ2v) is 6.11. The van der Waals surface area contributed by atoms with E-state index >= 15 is 0 Å². The van der Waals surface area contributed by atoms with Gasteiger partial charge in [0.25, 0.3) is 0 Å². The molecule has 0 bridgehead atoms. The highest BCUT2D eigenvalue weighted by molar-refractivity contribution is 5.78. The zero-order chi connectivity index (χ0) is 16.1. The van der Waals surface area contributed by atoms with E-state index in [0.717, 1.165) is 31.7 Å². The molecule has 0 radical (unpaired) electrons. The third-order valence-electron chi connectivity index (χ3n) is 4.57. The number of piperidine rings is 1. The first kappa shape index (κ1) is 15.8. The van der Waals surface area contributed by atoms with E-state index in [1.165, 1.54) is 5.56 Å². The van der Waals surface area contributed by atoms with Crippen LogP contribution in [0.5, 0.6) is 0 Å². The summed E-state index contributed by atoms with van der Waals surface area (Å²) in [6.07, 6.45) is 3.98. The van der Waals surface area contributed by atoms with Crippen LogP contribution in [-0.2, 0) is 22.4 Å². The molecule has 1 saturated heterocycles. The number of amides is 1. The summed E-state index contributed by atoms with van der Waals surface area (Å²) < 4.78 is 10.9. The van der Waals surface area contributed by atoms with E-state index in [1.54, 1.807) is 13.4 Å². The Morgan fingerprint density at radius 3 is 2.78 bits per heavy atom. The molecule has 1 aliphatic heterocycles. The number of rotatable bonds is 5. The minimum atomic E-state index is 0.132. The zero-order valence-corrected chi connectivity index (χ0v) is 13.5. The fourth-order valence-corrected chi connectivity index (χ4v) is 3.33. The van der Waals surface area contributed by atoms with Gasteiger partial charge in [0.1, 0.15) is 5.76 Å². The molecule has 4 nitrogen and oxygen atoms in total. The molecule has 0 spiro atoms. The zero-order valence-electron chi connectivity index (χ0n) is 13.5. The van der Waals surface area contributed by atoms with E-state index in [4.69, 9.17) is 9.15 Å². The Labute approximate surface area is 137 Å². The first-order valence-corrected chi connectivity index (χ1v) is 8.13. The fourth-order valence-electron chi connectivity index (χ4n) is 3.33. The van der Waals surface area contributed by atoms with Crippen molar-refractivity contribution in [2.45, 2.75) is 25.4 Å². The largest absolute Gasteiger partial charge is 0.469 e. The van der Waals surface area contributed by atoms with Crippen LogP contribution in [0.2, 0.25) is 0 Å². The van der Waals surface area contributed by atoms with E-state index < -0.39 is 0 Å². The van der Waals surface area contributed by atoms with Crippen molar-refractivity contribution < 1.29 is 13.9 Å². The van der Waals surface area contributed by atoms with E-state index in [1.807, 2.05) is 23.1 Å². The molecular formula is C19H23NO3. The fraction of sp³-hybridized carbons (Fsp3) is 0.421. The van der Waals surface area contributed by atoms with Crippen molar-refractivity contribution in [3.8, 4) is 0 Å². The molecule has 1 fully saturated rings. The van der Waals surface area contributed by atoms with Crippen LogP contribution in [-0.4, -0.2) is 37.1 Å². The highest BCUT2D eigenvalue weighted by Gasteiger charge is 2.31. The average Bonchev–Trinajstić information content (AvgIpc) is 3.08. The number of ether oxygens (including phenoxy) is 1. The average molecular weight is 313 g/mol. The molecule has 4 heteroatoms. The highest BCUT2D eigenvalue weighted by Crippen LogP contribution is 2.24. The molecule has 1 aromatic carbocycles. The maximum atomic E-state index is 12.5. The number of likely N-dealkylation sites (tertiary alicyclic amines) is 1. The Balaban J connectivity index is 1.64. The standard InChI is InChI=1S/C19H23NO3/c1-22-18-9-10-20(19(21)13-17-8-5-11-23-17)14-16(18)12-15-6-3-2-4-7-15/h2-8,11,16,18H,9-10,12-14H2,1H3/t16-,18+/m0/s1. The predicted octanol–water partition coefficient (Wildman–Crippen LogP) is 2.93. The topological polar surface area (TPSA) is 42.7 Å². The number of hydrogen-bond donors (Lipinski definition) is 0. The number of nitrogens with zero attached hydrogens (tertiary/aromatic N) is 1. The summed E-state index contributed by atoms with van der Waals surface area (Å²) in [7, 11) is 1.77. The summed E-state index contributed by atoms with van der Waals surface area (Å²) in [5, 5.41) is 0. The summed E-state index contributed by atoms with van der Waals surface area (Å²) in [5.41, 5.74) is 1.29. The van der Waals surface area contributed by atoms with Crippen LogP contribution in [0.4, 0.5) is 0 Å². The van der Waals surface area contributed by atoms with Gasteiger partial charge in [-0.15, -0.1) is 0 Å². The highest BCUT2D eigenvalue weighted by atomic mass is 16.5. The van der Waals surface area contributed by atoms with Crippen molar-refractivity contribution in [3.05, 3.63) is 60.1 Å². The van der Waals surface area contributed by atoms with Gasteiger partial charge in [0.05, 0.1) is 18.8 Å². The maximum Gasteiger partial charge on any atom is 0.230 e. The molecular weight excluding hydrogens is 290 g/mol. The van der Waals surface area contributed by atoms with E-state index in [2.05, 4.69) is 24.3 Å². The molecule has 1 aliphatic rings. The molecule has 2 heterocycles. The van der Waals surface area contributed by atoms with E-state index in [9.17, 15) is 4.79 Å². The van der Waals surface area contributed by atoms with Crippen molar-refractivity contribution in [2.24, 2.45) is 5.92 Å². The number of benzene rings is 1. The SMILES string of the molecule is CO[C@@H]1CCN(C(=O)Cc2ccco2)C[C@@H]1Cc1ccccc1. The lowest BCUT2D eigenvalue weighted by Crippen LogP contribution is -2.47. The lowest BCUT2D eigenvalue weighted by molar-refractivity contribution is -0.135. The van der Waals surface area contributed by atoms with Crippen LogP contribution in [0.1, 0.15) is 17.7 Å². The molecule has 122 valence electrons. The van der Waals surface area contributed by atoms with Gasteiger partial charge in [-0.3, -0.25) is 4.79 Å². The number of hydrogen-bond acceptors (Lipinski definition) is 3. The molecule has 0 aliphatic carbocycles. The summed E-state index contributed by atoms with van der Waals surface area (Å²) in [4.78, 5) is 14.4. The van der Waals surface area contributed by atoms with Crippen LogP contribution in [0, 0.1) is 5.92 Å². The van der Waals surface area contributed by atoms with Gasteiger partial charge < -0.3 is 14.1 Å². The number of carbonyl (C=O) groups is 1. The molecule has 0 N–H and O–H groups in total. The third-order valence-corrected chi connectivity index (χ3v) is 4.57. The summed E-state index contributed by atoms with van der Waals surface area (Å²) in [6, 6.07) is 14.1. The van der Waals surface area contributed by atoms with Gasteiger partial charge >= 0.3 is 0 Å². The second kappa shape index (κ2) is 7.47. The minimum Gasteiger partial charge on any atom is -0.469 e. The Kier molecular flexibility index (Phi) is 5.13. The van der Waals surface area contributed by atoms with Crippen LogP contribution in [0.15, 0.2) is 53.1 Å². The van der Waals surface area contributed by atoms with Gasteiger partial charge in [-0.25, -0.2) is 0 Å². The van der Waals surface area contributed by atoms with E-state index in [-0.39, 0.29) is 12.0 Å². The molecule has 1 amide bonds. The summed E-state index contributed by atoms with van der Waals surface area (Å²) >= 11 is 0. The van der Waals surface area contributed by atoms with Gasteiger partial charge in [-0.2, -0.15) is 0 Å².